The topological polar surface area (TPSA) is 53.3 Å². The van der Waals surface area contributed by atoms with E-state index in [9.17, 15) is 4.79 Å². The lowest BCUT2D eigenvalue weighted by Gasteiger charge is -2.33. The second-order valence-corrected chi connectivity index (χ2v) is 10.4. The average molecular weight is 446 g/mol. The van der Waals surface area contributed by atoms with Gasteiger partial charge in [0.05, 0.1) is 11.8 Å². The number of aromatic nitrogens is 2. The minimum atomic E-state index is 0.0990. The molecule has 7 nitrogen and oxygen atoms in total. The molecule has 1 saturated carbocycles. The Kier molecular flexibility index (Phi) is 6.59. The number of hydrogen-bond acceptors (Lipinski definition) is 6. The predicted molar refractivity (Wildman–Crippen MR) is 123 cm³/mol. The molecule has 4 heterocycles. The van der Waals surface area contributed by atoms with Crippen LogP contribution < -0.4 is 0 Å². The summed E-state index contributed by atoms with van der Waals surface area (Å²) in [6.45, 7) is 7.27. The van der Waals surface area contributed by atoms with Crippen molar-refractivity contribution in [3.05, 3.63) is 23.0 Å². The molecule has 2 saturated heterocycles. The van der Waals surface area contributed by atoms with Gasteiger partial charge in [0.25, 0.3) is 5.91 Å². The molecule has 0 radical (unpaired) electrons. The third-order valence-electron chi connectivity index (χ3n) is 7.17. The van der Waals surface area contributed by atoms with E-state index in [-0.39, 0.29) is 5.91 Å². The molecular weight excluding hydrogens is 410 g/mol. The summed E-state index contributed by atoms with van der Waals surface area (Å²) >= 11 is 1.61. The lowest BCUT2D eigenvalue weighted by atomic mass is 9.85. The van der Waals surface area contributed by atoms with Crippen molar-refractivity contribution in [2.75, 3.05) is 52.9 Å². The number of carbonyl (C=O) groups is 1. The largest absolute Gasteiger partial charge is 0.377 e. The van der Waals surface area contributed by atoms with Gasteiger partial charge in [-0.05, 0) is 51.6 Å². The van der Waals surface area contributed by atoms with Crippen molar-refractivity contribution >= 4 is 22.2 Å². The SMILES string of the molecule is CN1CCCN(C(=O)c2nc3sccn3c2CN(CC2CCC2)CC2CCCO2)CC1. The van der Waals surface area contributed by atoms with Crippen LogP contribution in [0, 0.1) is 5.92 Å². The first-order valence-electron chi connectivity index (χ1n) is 11.9. The van der Waals surface area contributed by atoms with Crippen LogP contribution >= 0.6 is 11.3 Å². The van der Waals surface area contributed by atoms with Gasteiger partial charge in [-0.1, -0.05) is 6.42 Å². The molecule has 2 aliphatic heterocycles. The number of amides is 1. The Morgan fingerprint density at radius 2 is 2.06 bits per heavy atom. The van der Waals surface area contributed by atoms with Crippen molar-refractivity contribution < 1.29 is 9.53 Å². The zero-order valence-electron chi connectivity index (χ0n) is 18.7. The summed E-state index contributed by atoms with van der Waals surface area (Å²) in [5, 5.41) is 2.07. The summed E-state index contributed by atoms with van der Waals surface area (Å²) in [5.41, 5.74) is 1.71. The lowest BCUT2D eigenvalue weighted by molar-refractivity contribution is 0.0570. The van der Waals surface area contributed by atoms with Gasteiger partial charge in [0.1, 0.15) is 0 Å². The number of thiazole rings is 1. The molecule has 0 aromatic carbocycles. The Hall–Kier alpha value is -1.48. The smallest absolute Gasteiger partial charge is 0.274 e. The number of carbonyl (C=O) groups excluding carboxylic acids is 1. The molecular formula is C23H35N5O2S. The summed E-state index contributed by atoms with van der Waals surface area (Å²) in [6, 6.07) is 0. The second-order valence-electron chi connectivity index (χ2n) is 9.54. The second kappa shape index (κ2) is 9.57. The van der Waals surface area contributed by atoms with Crippen LogP contribution in [0.4, 0.5) is 0 Å². The number of fused-ring (bicyclic) bond motifs is 1. The first-order valence-corrected chi connectivity index (χ1v) is 12.8. The van der Waals surface area contributed by atoms with Gasteiger partial charge in [0, 0.05) is 57.5 Å². The average Bonchev–Trinajstić information content (AvgIpc) is 3.42. The van der Waals surface area contributed by atoms with E-state index in [1.165, 1.54) is 19.3 Å². The number of likely N-dealkylation sites (N-methyl/N-ethyl adjacent to an activating group) is 1. The molecule has 1 unspecified atom stereocenters. The fourth-order valence-corrected chi connectivity index (χ4v) is 5.82. The van der Waals surface area contributed by atoms with Crippen molar-refractivity contribution in [1.82, 2.24) is 24.1 Å². The normalized spacial score (nSPS) is 23.5. The zero-order chi connectivity index (χ0) is 21.2. The van der Waals surface area contributed by atoms with Gasteiger partial charge < -0.3 is 14.5 Å². The zero-order valence-corrected chi connectivity index (χ0v) is 19.5. The Morgan fingerprint density at radius 1 is 1.16 bits per heavy atom. The third kappa shape index (κ3) is 4.82. The van der Waals surface area contributed by atoms with E-state index in [4.69, 9.17) is 9.72 Å². The molecule has 2 aromatic heterocycles. The summed E-state index contributed by atoms with van der Waals surface area (Å²) < 4.78 is 8.11. The number of nitrogens with zero attached hydrogens (tertiary/aromatic N) is 5. The highest BCUT2D eigenvalue weighted by molar-refractivity contribution is 7.15. The van der Waals surface area contributed by atoms with Crippen molar-refractivity contribution in [1.29, 1.82) is 0 Å². The molecule has 3 fully saturated rings. The van der Waals surface area contributed by atoms with E-state index < -0.39 is 0 Å². The maximum absolute atomic E-state index is 13.6. The number of rotatable bonds is 7. The standard InChI is InChI=1S/C23H35N5O2S/c1-25-8-4-9-27(11-10-25)22(29)21-20(28-12-14-31-23(28)24-21)17-26(15-18-5-2-6-18)16-19-7-3-13-30-19/h12,14,18-19H,2-11,13,15-17H2,1H3. The Balaban J connectivity index is 1.39. The van der Waals surface area contributed by atoms with E-state index in [2.05, 4.69) is 32.8 Å². The van der Waals surface area contributed by atoms with Gasteiger partial charge in [-0.2, -0.15) is 0 Å². The van der Waals surface area contributed by atoms with Crippen molar-refractivity contribution in [2.45, 2.75) is 51.2 Å². The Labute approximate surface area is 189 Å². The van der Waals surface area contributed by atoms with Crippen LogP contribution in [0.25, 0.3) is 4.96 Å². The molecule has 0 spiro atoms. The first kappa shape index (κ1) is 21.4. The molecule has 2 aromatic rings. The first-order chi connectivity index (χ1) is 15.2. The predicted octanol–water partition coefficient (Wildman–Crippen LogP) is 2.95. The molecule has 3 aliphatic rings. The molecule has 170 valence electrons. The van der Waals surface area contributed by atoms with Crippen molar-refractivity contribution in [3.63, 3.8) is 0 Å². The van der Waals surface area contributed by atoms with Crippen molar-refractivity contribution in [2.24, 2.45) is 5.92 Å². The summed E-state index contributed by atoms with van der Waals surface area (Å²) in [6.07, 6.45) is 9.74. The van der Waals surface area contributed by atoms with Crippen LogP contribution in [0.15, 0.2) is 11.6 Å². The molecule has 0 N–H and O–H groups in total. The van der Waals surface area contributed by atoms with Crippen LogP contribution in [-0.4, -0.2) is 89.0 Å². The van der Waals surface area contributed by atoms with E-state index >= 15 is 0 Å². The Morgan fingerprint density at radius 3 is 2.84 bits per heavy atom. The van der Waals surface area contributed by atoms with Gasteiger partial charge >= 0.3 is 0 Å². The molecule has 1 aliphatic carbocycles. The Bertz CT molecular complexity index is 886. The minimum Gasteiger partial charge on any atom is -0.377 e. The maximum Gasteiger partial charge on any atom is 0.274 e. The fourth-order valence-electron chi connectivity index (χ4n) is 5.09. The van der Waals surface area contributed by atoms with Gasteiger partial charge in [0.15, 0.2) is 10.7 Å². The molecule has 8 heteroatoms. The highest BCUT2D eigenvalue weighted by Crippen LogP contribution is 2.29. The van der Waals surface area contributed by atoms with E-state index in [1.807, 2.05) is 4.90 Å². The van der Waals surface area contributed by atoms with Crippen LogP contribution in [0.5, 0.6) is 0 Å². The number of ether oxygens (including phenoxy) is 1. The monoisotopic (exact) mass is 445 g/mol. The van der Waals surface area contributed by atoms with Crippen LogP contribution in [0.2, 0.25) is 0 Å². The van der Waals surface area contributed by atoms with E-state index in [0.717, 1.165) is 88.3 Å². The van der Waals surface area contributed by atoms with Crippen LogP contribution in [0.3, 0.4) is 0 Å². The number of imidazole rings is 1. The molecule has 1 atom stereocenters. The lowest BCUT2D eigenvalue weighted by Crippen LogP contribution is -2.39. The van der Waals surface area contributed by atoms with Gasteiger partial charge in [-0.25, -0.2) is 4.98 Å². The van der Waals surface area contributed by atoms with E-state index in [0.29, 0.717) is 11.8 Å². The third-order valence-corrected chi connectivity index (χ3v) is 7.93. The molecule has 5 rings (SSSR count). The summed E-state index contributed by atoms with van der Waals surface area (Å²) in [7, 11) is 2.13. The van der Waals surface area contributed by atoms with Crippen LogP contribution in [-0.2, 0) is 11.3 Å². The molecule has 1 amide bonds. The highest BCUT2D eigenvalue weighted by atomic mass is 32.1. The van der Waals surface area contributed by atoms with E-state index in [1.54, 1.807) is 11.3 Å². The van der Waals surface area contributed by atoms with Gasteiger partial charge in [-0.15, -0.1) is 11.3 Å². The molecule has 31 heavy (non-hydrogen) atoms. The fraction of sp³-hybridized carbons (Fsp3) is 0.739. The van der Waals surface area contributed by atoms with Gasteiger partial charge in [-0.3, -0.25) is 14.1 Å². The van der Waals surface area contributed by atoms with Gasteiger partial charge in [0.2, 0.25) is 0 Å². The highest BCUT2D eigenvalue weighted by Gasteiger charge is 2.30. The number of hydrogen-bond donors (Lipinski definition) is 0. The maximum atomic E-state index is 13.6. The summed E-state index contributed by atoms with van der Waals surface area (Å²) in [5.74, 6) is 0.884. The van der Waals surface area contributed by atoms with Crippen LogP contribution in [0.1, 0.15) is 54.7 Å². The van der Waals surface area contributed by atoms with Crippen molar-refractivity contribution in [3.8, 4) is 0 Å². The summed E-state index contributed by atoms with van der Waals surface area (Å²) in [4.78, 5) is 26.1. The minimum absolute atomic E-state index is 0.0990. The quantitative estimate of drug-likeness (QED) is 0.656. The molecule has 0 bridgehead atoms.